The zero-order valence-electron chi connectivity index (χ0n) is 12.6. The van der Waals surface area contributed by atoms with Gasteiger partial charge in [-0.2, -0.15) is 10.5 Å². The monoisotopic (exact) mass is 263 g/mol. The molecular formula is C15H25N3O. The molecule has 1 amide bonds. The molecule has 0 N–H and O–H groups in total. The van der Waals surface area contributed by atoms with E-state index in [0.29, 0.717) is 25.9 Å². The van der Waals surface area contributed by atoms with Crippen molar-refractivity contribution in [3.63, 3.8) is 0 Å². The second kappa shape index (κ2) is 8.53. The third-order valence-corrected chi connectivity index (χ3v) is 3.36. The third-order valence-electron chi connectivity index (χ3n) is 3.36. The van der Waals surface area contributed by atoms with Gasteiger partial charge in [-0.05, 0) is 26.7 Å². The van der Waals surface area contributed by atoms with E-state index in [1.54, 1.807) is 11.8 Å². The number of nitriles is 2. The number of amides is 1. The molecule has 1 atom stereocenters. The van der Waals surface area contributed by atoms with Gasteiger partial charge in [-0.3, -0.25) is 4.79 Å². The molecule has 0 fully saturated rings. The Bertz CT molecular complexity index is 359. The largest absolute Gasteiger partial charge is 0.340 e. The average Bonchev–Trinajstić information content (AvgIpc) is 2.43. The summed E-state index contributed by atoms with van der Waals surface area (Å²) in [7, 11) is 0. The van der Waals surface area contributed by atoms with Crippen molar-refractivity contribution in [1.29, 1.82) is 10.5 Å². The molecule has 0 aliphatic carbocycles. The molecule has 1 unspecified atom stereocenters. The van der Waals surface area contributed by atoms with Crippen LogP contribution in [0.5, 0.6) is 0 Å². The van der Waals surface area contributed by atoms with Gasteiger partial charge in [0.05, 0.1) is 18.1 Å². The summed E-state index contributed by atoms with van der Waals surface area (Å²) in [5.41, 5.74) is -0.908. The second-order valence-corrected chi connectivity index (χ2v) is 5.07. The van der Waals surface area contributed by atoms with E-state index in [2.05, 4.69) is 12.1 Å². The third kappa shape index (κ3) is 4.56. The Morgan fingerprint density at radius 2 is 1.74 bits per heavy atom. The van der Waals surface area contributed by atoms with Crippen molar-refractivity contribution < 1.29 is 4.79 Å². The van der Waals surface area contributed by atoms with Crippen molar-refractivity contribution in [1.82, 2.24) is 4.90 Å². The van der Waals surface area contributed by atoms with Gasteiger partial charge in [0.15, 0.2) is 0 Å². The molecule has 0 aliphatic heterocycles. The molecule has 0 saturated heterocycles. The Labute approximate surface area is 117 Å². The van der Waals surface area contributed by atoms with Crippen LogP contribution in [0.4, 0.5) is 0 Å². The number of hydrogen-bond acceptors (Lipinski definition) is 3. The predicted molar refractivity (Wildman–Crippen MR) is 74.9 cm³/mol. The summed E-state index contributed by atoms with van der Waals surface area (Å²) >= 11 is 0. The van der Waals surface area contributed by atoms with E-state index < -0.39 is 5.41 Å². The van der Waals surface area contributed by atoms with Crippen molar-refractivity contribution in [2.45, 2.75) is 53.4 Å². The van der Waals surface area contributed by atoms with Crippen LogP contribution in [-0.4, -0.2) is 23.9 Å². The van der Waals surface area contributed by atoms with Crippen LogP contribution in [0.15, 0.2) is 0 Å². The molecule has 0 radical (unpaired) electrons. The van der Waals surface area contributed by atoms with Crippen molar-refractivity contribution in [2.24, 2.45) is 11.3 Å². The molecule has 0 aromatic rings. The SMILES string of the molecule is CCCC(C#N)(CCC)C(=O)N(CC)CC(C)C#N. The van der Waals surface area contributed by atoms with E-state index >= 15 is 0 Å². The van der Waals surface area contributed by atoms with E-state index in [1.807, 2.05) is 20.8 Å². The summed E-state index contributed by atoms with van der Waals surface area (Å²) in [6.45, 7) is 8.61. The van der Waals surface area contributed by atoms with Gasteiger partial charge in [-0.15, -0.1) is 0 Å². The van der Waals surface area contributed by atoms with E-state index in [1.165, 1.54) is 0 Å². The highest BCUT2D eigenvalue weighted by Gasteiger charge is 2.39. The molecule has 0 saturated carbocycles. The Balaban J connectivity index is 5.15. The van der Waals surface area contributed by atoms with E-state index in [4.69, 9.17) is 5.26 Å². The molecule has 0 heterocycles. The first kappa shape index (κ1) is 17.4. The van der Waals surface area contributed by atoms with Crippen LogP contribution in [0.3, 0.4) is 0 Å². The minimum Gasteiger partial charge on any atom is -0.340 e. The zero-order valence-corrected chi connectivity index (χ0v) is 12.6. The van der Waals surface area contributed by atoms with Crippen LogP contribution in [-0.2, 0) is 4.79 Å². The number of nitrogens with zero attached hydrogens (tertiary/aromatic N) is 3. The first-order chi connectivity index (χ1) is 9.01. The standard InChI is InChI=1S/C15H25N3O/c1-5-8-15(12-17,9-6-2)14(19)18(7-3)11-13(4)10-16/h13H,5-9,11H2,1-4H3. The molecule has 0 spiro atoms. The predicted octanol–water partition coefficient (Wildman–Crippen LogP) is 3.10. The molecular weight excluding hydrogens is 238 g/mol. The summed E-state index contributed by atoms with van der Waals surface area (Å²) in [4.78, 5) is 14.3. The number of rotatable bonds is 8. The first-order valence-corrected chi connectivity index (χ1v) is 7.11. The molecule has 106 valence electrons. The van der Waals surface area contributed by atoms with Crippen LogP contribution in [0, 0.1) is 34.0 Å². The smallest absolute Gasteiger partial charge is 0.243 e. The van der Waals surface area contributed by atoms with Crippen molar-refractivity contribution >= 4 is 5.91 Å². The van der Waals surface area contributed by atoms with Crippen molar-refractivity contribution in [2.75, 3.05) is 13.1 Å². The maximum Gasteiger partial charge on any atom is 0.243 e. The molecule has 4 heteroatoms. The molecule has 0 bridgehead atoms. The van der Waals surface area contributed by atoms with Crippen LogP contribution in [0.25, 0.3) is 0 Å². The quantitative estimate of drug-likeness (QED) is 0.675. The van der Waals surface area contributed by atoms with E-state index in [9.17, 15) is 10.1 Å². The molecule has 0 aromatic heterocycles. The van der Waals surface area contributed by atoms with E-state index in [-0.39, 0.29) is 11.8 Å². The second-order valence-electron chi connectivity index (χ2n) is 5.07. The Hall–Kier alpha value is -1.55. The maximum absolute atomic E-state index is 12.7. The van der Waals surface area contributed by atoms with Gasteiger partial charge in [0.1, 0.15) is 5.41 Å². The van der Waals surface area contributed by atoms with Gasteiger partial charge < -0.3 is 4.90 Å². The summed E-state index contributed by atoms with van der Waals surface area (Å²) in [6, 6.07) is 4.39. The van der Waals surface area contributed by atoms with Gasteiger partial charge in [0.2, 0.25) is 5.91 Å². The van der Waals surface area contributed by atoms with Gasteiger partial charge >= 0.3 is 0 Å². The lowest BCUT2D eigenvalue weighted by atomic mass is 9.79. The fourth-order valence-corrected chi connectivity index (χ4v) is 2.38. The van der Waals surface area contributed by atoms with Gasteiger partial charge in [0, 0.05) is 13.1 Å². The molecule has 0 aliphatic rings. The minimum atomic E-state index is -0.908. The van der Waals surface area contributed by atoms with Crippen LogP contribution in [0.2, 0.25) is 0 Å². The van der Waals surface area contributed by atoms with Gasteiger partial charge in [-0.1, -0.05) is 26.7 Å². The molecule has 4 nitrogen and oxygen atoms in total. The Morgan fingerprint density at radius 3 is 2.05 bits per heavy atom. The zero-order chi connectivity index (χ0) is 14.9. The summed E-state index contributed by atoms with van der Waals surface area (Å²) < 4.78 is 0. The summed E-state index contributed by atoms with van der Waals surface area (Å²) in [5, 5.41) is 18.4. The first-order valence-electron chi connectivity index (χ1n) is 7.11. The van der Waals surface area contributed by atoms with Gasteiger partial charge in [-0.25, -0.2) is 0 Å². The van der Waals surface area contributed by atoms with Gasteiger partial charge in [0.25, 0.3) is 0 Å². The lowest BCUT2D eigenvalue weighted by Crippen LogP contribution is -2.45. The van der Waals surface area contributed by atoms with Crippen LogP contribution < -0.4 is 0 Å². The lowest BCUT2D eigenvalue weighted by molar-refractivity contribution is -0.140. The lowest BCUT2D eigenvalue weighted by Gasteiger charge is -2.32. The molecule has 0 aromatic carbocycles. The van der Waals surface area contributed by atoms with E-state index in [0.717, 1.165) is 12.8 Å². The number of carbonyl (C=O) groups excluding carboxylic acids is 1. The highest BCUT2D eigenvalue weighted by Crippen LogP contribution is 2.31. The topological polar surface area (TPSA) is 67.9 Å². The highest BCUT2D eigenvalue weighted by molar-refractivity contribution is 5.85. The maximum atomic E-state index is 12.7. The normalized spacial score (nSPS) is 12.3. The highest BCUT2D eigenvalue weighted by atomic mass is 16.2. The average molecular weight is 263 g/mol. The number of hydrogen-bond donors (Lipinski definition) is 0. The molecule has 19 heavy (non-hydrogen) atoms. The number of carbonyl (C=O) groups is 1. The van der Waals surface area contributed by atoms with Crippen LogP contribution in [0.1, 0.15) is 53.4 Å². The summed E-state index contributed by atoms with van der Waals surface area (Å²) in [5.74, 6) is -0.313. The molecule has 0 rings (SSSR count). The van der Waals surface area contributed by atoms with Crippen molar-refractivity contribution in [3.8, 4) is 12.1 Å². The van der Waals surface area contributed by atoms with Crippen LogP contribution >= 0.6 is 0 Å². The fourth-order valence-electron chi connectivity index (χ4n) is 2.38. The Kier molecular flexibility index (Phi) is 7.84. The minimum absolute atomic E-state index is 0.108. The fraction of sp³-hybridized carbons (Fsp3) is 0.800. The Morgan fingerprint density at radius 1 is 1.21 bits per heavy atom. The van der Waals surface area contributed by atoms with Crippen molar-refractivity contribution in [3.05, 3.63) is 0 Å². The summed E-state index contributed by atoms with van der Waals surface area (Å²) in [6.07, 6.45) is 2.80.